The maximum Gasteiger partial charge on any atom is 0.154 e. The Bertz CT molecular complexity index is 962. The first kappa shape index (κ1) is 15.5. The monoisotopic (exact) mass is 339 g/mol. The van der Waals surface area contributed by atoms with Crippen molar-refractivity contribution < 1.29 is 9.13 Å². The van der Waals surface area contributed by atoms with Gasteiger partial charge in [0.1, 0.15) is 23.2 Å². The number of aromatic amines is 1. The third kappa shape index (κ3) is 2.60. The number of rotatable bonds is 4. The van der Waals surface area contributed by atoms with E-state index in [4.69, 9.17) is 4.74 Å². The predicted molar refractivity (Wildman–Crippen MR) is 92.1 cm³/mol. The minimum atomic E-state index is -0.361. The molecule has 0 radical (unpaired) electrons. The number of hydrogen-bond acceptors (Lipinski definition) is 4. The molecule has 7 heteroatoms. The van der Waals surface area contributed by atoms with Crippen molar-refractivity contribution in [3.05, 3.63) is 35.8 Å². The van der Waals surface area contributed by atoms with E-state index in [1.165, 1.54) is 38.3 Å². The number of methoxy groups -OCH3 is 1. The van der Waals surface area contributed by atoms with E-state index in [9.17, 15) is 9.65 Å². The minimum absolute atomic E-state index is 0.360. The van der Waals surface area contributed by atoms with E-state index in [2.05, 4.69) is 21.5 Å². The third-order valence-electron chi connectivity index (χ3n) is 4.71. The van der Waals surface area contributed by atoms with Crippen LogP contribution in [0.1, 0.15) is 31.2 Å². The van der Waals surface area contributed by atoms with Crippen LogP contribution in [0.4, 0.5) is 10.2 Å². The normalized spacial score (nSPS) is 14.8. The van der Waals surface area contributed by atoms with Gasteiger partial charge in [0.2, 0.25) is 0 Å². The molecule has 2 N–H and O–H groups in total. The smallest absolute Gasteiger partial charge is 0.154 e. The van der Waals surface area contributed by atoms with Crippen LogP contribution in [0, 0.1) is 17.1 Å². The Hall–Kier alpha value is -3.01. The molecule has 4 rings (SSSR count). The van der Waals surface area contributed by atoms with E-state index in [0.29, 0.717) is 23.0 Å². The second-order valence-electron chi connectivity index (χ2n) is 6.25. The lowest BCUT2D eigenvalue weighted by molar-refractivity contribution is 0.413. The number of ether oxygens (including phenoxy) is 1. The molecule has 1 saturated carbocycles. The molecule has 0 saturated heterocycles. The zero-order valence-corrected chi connectivity index (χ0v) is 13.8. The van der Waals surface area contributed by atoms with E-state index >= 15 is 0 Å². The molecule has 3 aromatic rings. The highest BCUT2D eigenvalue weighted by atomic mass is 19.1. The number of nitriles is 1. The van der Waals surface area contributed by atoms with E-state index < -0.39 is 0 Å². The molecule has 0 atom stereocenters. The van der Waals surface area contributed by atoms with Gasteiger partial charge in [0.15, 0.2) is 11.5 Å². The molecule has 0 amide bonds. The fourth-order valence-corrected chi connectivity index (χ4v) is 3.47. The van der Waals surface area contributed by atoms with Crippen LogP contribution in [0.5, 0.6) is 5.75 Å². The summed E-state index contributed by atoms with van der Waals surface area (Å²) in [6.07, 6.45) is 6.13. The molecular formula is C18H18FN5O. The third-order valence-corrected chi connectivity index (χ3v) is 4.71. The number of halogens is 1. The molecular weight excluding hydrogens is 321 g/mol. The van der Waals surface area contributed by atoms with Gasteiger partial charge in [-0.1, -0.05) is 12.8 Å². The number of benzene rings is 1. The van der Waals surface area contributed by atoms with Gasteiger partial charge in [-0.15, -0.1) is 0 Å². The number of nitrogens with one attached hydrogen (secondary N) is 2. The van der Waals surface area contributed by atoms with Crippen LogP contribution < -0.4 is 10.1 Å². The Morgan fingerprint density at radius 1 is 1.40 bits per heavy atom. The molecule has 6 nitrogen and oxygen atoms in total. The lowest BCUT2D eigenvalue weighted by atomic mass is 10.1. The van der Waals surface area contributed by atoms with Gasteiger partial charge in [-0.05, 0) is 25.0 Å². The first-order chi connectivity index (χ1) is 12.2. The van der Waals surface area contributed by atoms with Gasteiger partial charge < -0.3 is 15.0 Å². The summed E-state index contributed by atoms with van der Waals surface area (Å²) in [5.74, 6) is 0.839. The average Bonchev–Trinajstić information content (AvgIpc) is 3.33. The van der Waals surface area contributed by atoms with Crippen LogP contribution in [-0.4, -0.2) is 27.7 Å². The predicted octanol–water partition coefficient (Wildman–Crippen LogP) is 3.70. The summed E-state index contributed by atoms with van der Waals surface area (Å²) < 4.78 is 20.6. The highest BCUT2D eigenvalue weighted by molar-refractivity contribution is 5.81. The fourth-order valence-electron chi connectivity index (χ4n) is 3.47. The number of hydrogen-bond donors (Lipinski definition) is 2. The number of anilines is 1. The summed E-state index contributed by atoms with van der Waals surface area (Å²) in [7, 11) is 1.51. The van der Waals surface area contributed by atoms with E-state index in [1.807, 2.05) is 0 Å². The zero-order chi connectivity index (χ0) is 17.4. The largest absolute Gasteiger partial charge is 0.496 e. The van der Waals surface area contributed by atoms with Gasteiger partial charge in [-0.3, -0.25) is 0 Å². The Balaban J connectivity index is 1.90. The van der Waals surface area contributed by atoms with Crippen molar-refractivity contribution in [1.82, 2.24) is 14.6 Å². The van der Waals surface area contributed by atoms with E-state index in [1.54, 1.807) is 10.6 Å². The summed E-state index contributed by atoms with van der Waals surface area (Å²) in [6.45, 7) is 0. The topological polar surface area (TPSA) is 78.1 Å². The first-order valence-electron chi connectivity index (χ1n) is 8.31. The fraction of sp³-hybridized carbons (Fsp3) is 0.333. The lowest BCUT2D eigenvalue weighted by Crippen LogP contribution is -2.16. The van der Waals surface area contributed by atoms with Crippen LogP contribution in [0.15, 0.2) is 24.4 Å². The Morgan fingerprint density at radius 2 is 2.20 bits per heavy atom. The number of imidazole rings is 1. The first-order valence-corrected chi connectivity index (χ1v) is 8.31. The van der Waals surface area contributed by atoms with Crippen molar-refractivity contribution in [3.63, 3.8) is 0 Å². The van der Waals surface area contributed by atoms with Crippen molar-refractivity contribution in [3.8, 4) is 23.1 Å². The number of aromatic nitrogens is 3. The lowest BCUT2D eigenvalue weighted by Gasteiger charge is -2.15. The highest BCUT2D eigenvalue weighted by Gasteiger charge is 2.23. The molecule has 25 heavy (non-hydrogen) atoms. The van der Waals surface area contributed by atoms with Gasteiger partial charge >= 0.3 is 0 Å². The Labute approximate surface area is 144 Å². The number of fused-ring (bicyclic) bond motifs is 1. The van der Waals surface area contributed by atoms with Gasteiger partial charge in [-0.2, -0.15) is 14.9 Å². The van der Waals surface area contributed by atoms with Crippen LogP contribution in [0.2, 0.25) is 0 Å². The molecule has 0 spiro atoms. The van der Waals surface area contributed by atoms with Crippen molar-refractivity contribution in [2.75, 3.05) is 12.4 Å². The van der Waals surface area contributed by atoms with Crippen molar-refractivity contribution in [1.29, 1.82) is 5.26 Å². The summed E-state index contributed by atoms with van der Waals surface area (Å²) >= 11 is 0. The van der Waals surface area contributed by atoms with Crippen LogP contribution in [-0.2, 0) is 0 Å². The van der Waals surface area contributed by atoms with Crippen LogP contribution in [0.25, 0.3) is 16.9 Å². The van der Waals surface area contributed by atoms with E-state index in [0.717, 1.165) is 29.9 Å². The summed E-state index contributed by atoms with van der Waals surface area (Å²) in [6, 6.07) is 6.92. The molecule has 2 heterocycles. The summed E-state index contributed by atoms with van der Waals surface area (Å²) in [5.41, 5.74) is 2.54. The molecule has 2 aromatic heterocycles. The quantitative estimate of drug-likeness (QED) is 0.760. The standard InChI is InChI=1S/C18H18FN5O/c1-25-15-8-12(19)6-7-14(15)16-18(22-13-4-2-3-5-13)24-17(23-16)11(9-20)10-21-24/h6-8,10,13,22-23H,2-5H2,1H3. The van der Waals surface area contributed by atoms with Gasteiger partial charge in [0, 0.05) is 17.7 Å². The molecule has 1 fully saturated rings. The Kier molecular flexibility index (Phi) is 3.80. The van der Waals surface area contributed by atoms with Crippen LogP contribution >= 0.6 is 0 Å². The molecule has 0 aliphatic heterocycles. The van der Waals surface area contributed by atoms with Crippen molar-refractivity contribution in [2.24, 2.45) is 0 Å². The maximum absolute atomic E-state index is 13.6. The second-order valence-corrected chi connectivity index (χ2v) is 6.25. The Morgan fingerprint density at radius 3 is 2.92 bits per heavy atom. The highest BCUT2D eigenvalue weighted by Crippen LogP contribution is 2.37. The number of nitrogens with zero attached hydrogens (tertiary/aromatic N) is 3. The van der Waals surface area contributed by atoms with Crippen molar-refractivity contribution >= 4 is 11.5 Å². The second kappa shape index (κ2) is 6.13. The van der Waals surface area contributed by atoms with Gasteiger partial charge in [0.25, 0.3) is 0 Å². The molecule has 128 valence electrons. The van der Waals surface area contributed by atoms with Gasteiger partial charge in [-0.25, -0.2) is 4.39 Å². The van der Waals surface area contributed by atoms with E-state index in [-0.39, 0.29) is 5.82 Å². The number of H-pyrrole nitrogens is 1. The summed E-state index contributed by atoms with van der Waals surface area (Å²) in [5, 5.41) is 17.2. The minimum Gasteiger partial charge on any atom is -0.496 e. The van der Waals surface area contributed by atoms with Crippen molar-refractivity contribution in [2.45, 2.75) is 31.7 Å². The van der Waals surface area contributed by atoms with Gasteiger partial charge in [0.05, 0.1) is 19.0 Å². The van der Waals surface area contributed by atoms with Crippen LogP contribution in [0.3, 0.4) is 0 Å². The molecule has 1 aliphatic carbocycles. The summed E-state index contributed by atoms with van der Waals surface area (Å²) in [4.78, 5) is 3.26. The average molecular weight is 339 g/mol. The molecule has 0 unspecified atom stereocenters. The molecule has 1 aromatic carbocycles. The molecule has 0 bridgehead atoms. The zero-order valence-electron chi connectivity index (χ0n) is 13.8. The molecule has 1 aliphatic rings. The SMILES string of the molecule is COc1cc(F)ccc1-c1[nH]c2c(C#N)cnn2c1NC1CCCC1. The maximum atomic E-state index is 13.6.